The minimum Gasteiger partial charge on any atom is -0.481 e. The number of benzene rings is 1. The van der Waals surface area contributed by atoms with Crippen LogP contribution < -0.4 is 25.4 Å². The number of carbonyl (C=O) groups is 1. The van der Waals surface area contributed by atoms with Crippen molar-refractivity contribution < 1.29 is 27.1 Å². The summed E-state index contributed by atoms with van der Waals surface area (Å²) >= 11 is 0. The van der Waals surface area contributed by atoms with Gasteiger partial charge in [0.2, 0.25) is 5.95 Å². The summed E-state index contributed by atoms with van der Waals surface area (Å²) in [5.74, 6) is 1.44. The molecule has 1 fully saturated rings. The van der Waals surface area contributed by atoms with Gasteiger partial charge >= 0.3 is 6.18 Å². The Labute approximate surface area is 199 Å². The van der Waals surface area contributed by atoms with Crippen LogP contribution in [0.15, 0.2) is 41.0 Å². The lowest BCUT2D eigenvalue weighted by molar-refractivity contribution is -0.133. The Balaban J connectivity index is 1.28. The number of ether oxygens (including phenoxy) is 1. The quantitative estimate of drug-likeness (QED) is 0.484. The number of carbonyl (C=O) groups excluding carboxylic acids is 1. The Morgan fingerprint density at radius 3 is 2.71 bits per heavy atom. The van der Waals surface area contributed by atoms with Crippen LogP contribution in [0.4, 0.5) is 30.6 Å². The van der Waals surface area contributed by atoms with Gasteiger partial charge in [-0.25, -0.2) is 9.99 Å². The Bertz CT molecular complexity index is 1190. The number of hydrazine groups is 1. The molecular weight excluding hydrogens is 465 g/mol. The van der Waals surface area contributed by atoms with E-state index in [4.69, 9.17) is 9.15 Å². The molecule has 1 amide bonds. The van der Waals surface area contributed by atoms with Gasteiger partial charge in [-0.05, 0) is 37.4 Å². The standard InChI is InChI=1S/C23H25F3N6O3/c24-23(25,26)8-9-27-13-15-5-10-31(11-6-15)21-20-16(7-12-34-20)28-22(29-21)30-32-17-3-1-2-4-18(17)35-14-19(32)33/h1-4,7,12,15,27H,5-6,8-11,13-14H2,(H,28,29,30). The summed E-state index contributed by atoms with van der Waals surface area (Å²) in [6.07, 6.45) is -1.81. The zero-order valence-electron chi connectivity index (χ0n) is 18.8. The Kier molecular flexibility index (Phi) is 6.37. The summed E-state index contributed by atoms with van der Waals surface area (Å²) in [6, 6.07) is 8.92. The van der Waals surface area contributed by atoms with Gasteiger partial charge in [0.1, 0.15) is 17.0 Å². The van der Waals surface area contributed by atoms with Crippen molar-refractivity contribution in [2.75, 3.05) is 48.1 Å². The lowest BCUT2D eigenvalue weighted by atomic mass is 9.96. The molecule has 2 aliphatic rings. The van der Waals surface area contributed by atoms with Crippen molar-refractivity contribution in [3.63, 3.8) is 0 Å². The molecule has 12 heteroatoms. The number of alkyl halides is 3. The molecule has 0 saturated carbocycles. The van der Waals surface area contributed by atoms with E-state index in [1.165, 1.54) is 5.01 Å². The number of fused-ring (bicyclic) bond motifs is 2. The second-order valence-corrected chi connectivity index (χ2v) is 8.60. The van der Waals surface area contributed by atoms with Gasteiger partial charge in [0.25, 0.3) is 5.91 Å². The smallest absolute Gasteiger partial charge is 0.390 e. The van der Waals surface area contributed by atoms with E-state index in [1.807, 2.05) is 12.1 Å². The summed E-state index contributed by atoms with van der Waals surface area (Å²) in [4.78, 5) is 23.8. The first-order valence-corrected chi connectivity index (χ1v) is 11.5. The molecule has 0 bridgehead atoms. The second kappa shape index (κ2) is 9.61. The number of rotatable bonds is 7. The van der Waals surface area contributed by atoms with Crippen LogP contribution in [-0.2, 0) is 4.79 Å². The molecule has 4 heterocycles. The maximum Gasteiger partial charge on any atom is 0.390 e. The van der Waals surface area contributed by atoms with E-state index in [2.05, 4.69) is 25.6 Å². The molecule has 1 saturated heterocycles. The van der Waals surface area contributed by atoms with Gasteiger partial charge in [0.15, 0.2) is 18.0 Å². The number of hydrogen-bond donors (Lipinski definition) is 2. The van der Waals surface area contributed by atoms with Crippen molar-refractivity contribution in [2.24, 2.45) is 5.92 Å². The molecular formula is C23H25F3N6O3. The predicted octanol–water partition coefficient (Wildman–Crippen LogP) is 3.73. The summed E-state index contributed by atoms with van der Waals surface area (Å²) in [5, 5.41) is 4.30. The zero-order chi connectivity index (χ0) is 24.4. The average molecular weight is 490 g/mol. The predicted molar refractivity (Wildman–Crippen MR) is 123 cm³/mol. The topological polar surface area (TPSA) is 95.8 Å². The largest absolute Gasteiger partial charge is 0.481 e. The highest BCUT2D eigenvalue weighted by Gasteiger charge is 2.29. The van der Waals surface area contributed by atoms with Crippen molar-refractivity contribution in [3.05, 3.63) is 36.6 Å². The van der Waals surface area contributed by atoms with Crippen molar-refractivity contribution in [3.8, 4) is 5.75 Å². The highest BCUT2D eigenvalue weighted by atomic mass is 19.4. The highest BCUT2D eigenvalue weighted by molar-refractivity contribution is 5.99. The third-order valence-corrected chi connectivity index (χ3v) is 6.14. The molecule has 0 atom stereocenters. The van der Waals surface area contributed by atoms with Gasteiger partial charge in [-0.2, -0.15) is 18.2 Å². The SMILES string of the molecule is O=C1COc2ccccc2N1Nc1nc(N2CCC(CNCCC(F)(F)F)CC2)c2occc2n1. The third-order valence-electron chi connectivity index (χ3n) is 6.14. The molecule has 2 aromatic heterocycles. The number of amides is 1. The molecule has 5 rings (SSSR count). The van der Waals surface area contributed by atoms with Crippen LogP contribution >= 0.6 is 0 Å². The van der Waals surface area contributed by atoms with Gasteiger partial charge in [0, 0.05) is 25.7 Å². The number of anilines is 3. The molecule has 0 aliphatic carbocycles. The number of piperidine rings is 1. The van der Waals surface area contributed by atoms with E-state index < -0.39 is 12.6 Å². The summed E-state index contributed by atoms with van der Waals surface area (Å²) in [6.45, 7) is 1.74. The van der Waals surface area contributed by atoms with Crippen molar-refractivity contribution in [1.82, 2.24) is 15.3 Å². The molecule has 186 valence electrons. The monoisotopic (exact) mass is 490 g/mol. The van der Waals surface area contributed by atoms with Crippen molar-refractivity contribution in [1.29, 1.82) is 0 Å². The molecule has 3 aromatic rings. The van der Waals surface area contributed by atoms with Crippen LogP contribution in [0, 0.1) is 5.92 Å². The minimum absolute atomic E-state index is 0.0684. The third kappa shape index (κ3) is 5.26. The van der Waals surface area contributed by atoms with Crippen LogP contribution in [-0.4, -0.2) is 54.8 Å². The lowest BCUT2D eigenvalue weighted by Crippen LogP contribution is -2.43. The Hall–Kier alpha value is -3.54. The fourth-order valence-corrected chi connectivity index (χ4v) is 4.32. The number of aromatic nitrogens is 2. The number of hydrogen-bond acceptors (Lipinski definition) is 8. The molecule has 2 aliphatic heterocycles. The van der Waals surface area contributed by atoms with Crippen LogP contribution in [0.2, 0.25) is 0 Å². The van der Waals surface area contributed by atoms with Crippen molar-refractivity contribution in [2.45, 2.75) is 25.4 Å². The first-order chi connectivity index (χ1) is 16.9. The fraction of sp³-hybridized carbons (Fsp3) is 0.435. The van der Waals surface area contributed by atoms with E-state index in [1.54, 1.807) is 24.5 Å². The van der Waals surface area contributed by atoms with E-state index in [9.17, 15) is 18.0 Å². The van der Waals surface area contributed by atoms with Gasteiger partial charge < -0.3 is 19.4 Å². The molecule has 1 aromatic carbocycles. The lowest BCUT2D eigenvalue weighted by Gasteiger charge is -2.33. The van der Waals surface area contributed by atoms with Crippen LogP contribution in [0.1, 0.15) is 19.3 Å². The summed E-state index contributed by atoms with van der Waals surface area (Å²) < 4.78 is 48.1. The highest BCUT2D eigenvalue weighted by Crippen LogP contribution is 2.33. The number of furan rings is 1. The van der Waals surface area contributed by atoms with Crippen LogP contribution in [0.25, 0.3) is 11.1 Å². The summed E-state index contributed by atoms with van der Waals surface area (Å²) in [5.41, 5.74) is 4.73. The average Bonchev–Trinajstić information content (AvgIpc) is 3.32. The van der Waals surface area contributed by atoms with Gasteiger partial charge in [-0.15, -0.1) is 0 Å². The minimum atomic E-state index is -4.14. The van der Waals surface area contributed by atoms with Crippen molar-refractivity contribution >= 4 is 34.5 Å². The van der Waals surface area contributed by atoms with E-state index in [0.717, 1.165) is 12.8 Å². The number of nitrogens with zero attached hydrogens (tertiary/aromatic N) is 4. The van der Waals surface area contributed by atoms with Gasteiger partial charge in [-0.3, -0.25) is 10.2 Å². The Morgan fingerprint density at radius 1 is 1.11 bits per heavy atom. The number of para-hydroxylation sites is 2. The number of halogens is 3. The number of nitrogens with one attached hydrogen (secondary N) is 2. The maximum absolute atomic E-state index is 12.5. The molecule has 0 radical (unpaired) electrons. The van der Waals surface area contributed by atoms with E-state index in [0.29, 0.717) is 48.0 Å². The zero-order valence-corrected chi connectivity index (χ0v) is 18.8. The van der Waals surface area contributed by atoms with Gasteiger partial charge in [-0.1, -0.05) is 12.1 Å². The molecule has 35 heavy (non-hydrogen) atoms. The first-order valence-electron chi connectivity index (χ1n) is 11.5. The van der Waals surface area contributed by atoms with E-state index >= 15 is 0 Å². The fourth-order valence-electron chi connectivity index (χ4n) is 4.32. The summed E-state index contributed by atoms with van der Waals surface area (Å²) in [7, 11) is 0. The normalized spacial score (nSPS) is 16.9. The second-order valence-electron chi connectivity index (χ2n) is 8.60. The maximum atomic E-state index is 12.5. The van der Waals surface area contributed by atoms with Crippen LogP contribution in [0.5, 0.6) is 5.75 Å². The molecule has 0 unspecified atom stereocenters. The molecule has 0 spiro atoms. The Morgan fingerprint density at radius 2 is 1.91 bits per heavy atom. The van der Waals surface area contributed by atoms with Crippen LogP contribution in [0.3, 0.4) is 0 Å². The molecule has 2 N–H and O–H groups in total. The van der Waals surface area contributed by atoms with E-state index in [-0.39, 0.29) is 30.9 Å². The first kappa shape index (κ1) is 23.2. The molecule has 9 nitrogen and oxygen atoms in total. The van der Waals surface area contributed by atoms with Gasteiger partial charge in [0.05, 0.1) is 12.7 Å².